The van der Waals surface area contributed by atoms with Gasteiger partial charge in [-0.1, -0.05) is 36.4 Å². The molecule has 0 spiro atoms. The molecule has 0 atom stereocenters. The number of alkyl halides is 3. The number of rotatable bonds is 6. The topological polar surface area (TPSA) is 111 Å². The minimum atomic E-state index is -4.45. The number of ether oxygens (including phenoxy) is 1. The predicted octanol–water partition coefficient (Wildman–Crippen LogP) is 5.35. The number of carbonyl (C=O) groups is 3. The normalized spacial score (nSPS) is 14.1. The summed E-state index contributed by atoms with van der Waals surface area (Å²) in [5, 5.41) is 3.39. The molecule has 10 heteroatoms. The molecule has 0 saturated heterocycles. The fraction of sp³-hybridized carbons (Fsp3) is 0.143. The van der Waals surface area contributed by atoms with Crippen molar-refractivity contribution in [2.75, 3.05) is 5.32 Å². The van der Waals surface area contributed by atoms with Gasteiger partial charge >= 0.3 is 12.1 Å². The number of pyridine rings is 1. The summed E-state index contributed by atoms with van der Waals surface area (Å²) >= 11 is 0. The van der Waals surface area contributed by atoms with Crippen LogP contribution in [0.25, 0.3) is 22.0 Å². The van der Waals surface area contributed by atoms with Gasteiger partial charge < -0.3 is 15.8 Å². The number of fused-ring (bicyclic) bond motifs is 1. The number of carbonyl (C=O) groups excluding carboxylic acids is 3. The summed E-state index contributed by atoms with van der Waals surface area (Å²) in [7, 11) is 0. The van der Waals surface area contributed by atoms with Crippen LogP contribution in [-0.4, -0.2) is 28.4 Å². The smallest absolute Gasteiger partial charge is 0.416 e. The van der Waals surface area contributed by atoms with Gasteiger partial charge in [0.25, 0.3) is 11.8 Å². The Kier molecular flexibility index (Phi) is 6.10. The van der Waals surface area contributed by atoms with Crippen LogP contribution >= 0.6 is 0 Å². The number of aromatic nitrogens is 1. The molecule has 1 aliphatic rings. The average molecular weight is 519 g/mol. The molecule has 3 aromatic carbocycles. The molecule has 4 aromatic rings. The standard InChI is InChI=1S/C28H20F3N3O4/c29-28(30,31)19-8-5-16(6-9-19)21-3-1-2-4-22(21)24(35)34-20-10-7-17-13-18(15-33-23(17)14-20)25(36)38-27(11-12-27)26(32)37/h1-10,13-15H,11-12H2,(H2,32,37)(H,34,35). The highest BCUT2D eigenvalue weighted by Crippen LogP contribution is 2.40. The van der Waals surface area contributed by atoms with E-state index in [0.717, 1.165) is 12.1 Å². The van der Waals surface area contributed by atoms with Crippen molar-refractivity contribution in [3.05, 3.63) is 95.7 Å². The Morgan fingerprint density at radius 3 is 2.32 bits per heavy atom. The number of amides is 2. The summed E-state index contributed by atoms with van der Waals surface area (Å²) in [5.74, 6) is -1.84. The third-order valence-electron chi connectivity index (χ3n) is 6.31. The minimum Gasteiger partial charge on any atom is -0.445 e. The summed E-state index contributed by atoms with van der Waals surface area (Å²) in [4.78, 5) is 41.3. The van der Waals surface area contributed by atoms with Crippen molar-refractivity contribution in [1.82, 2.24) is 4.98 Å². The highest BCUT2D eigenvalue weighted by atomic mass is 19.4. The molecule has 5 rings (SSSR count). The zero-order chi connectivity index (χ0) is 27.1. The monoisotopic (exact) mass is 519 g/mol. The van der Waals surface area contributed by atoms with Gasteiger partial charge in [0, 0.05) is 35.7 Å². The summed E-state index contributed by atoms with van der Waals surface area (Å²) in [6.45, 7) is 0. The number of nitrogens with one attached hydrogen (secondary N) is 1. The molecule has 3 N–H and O–H groups in total. The zero-order valence-corrected chi connectivity index (χ0v) is 19.7. The molecule has 192 valence electrons. The van der Waals surface area contributed by atoms with Gasteiger partial charge in [0.1, 0.15) is 0 Å². The first-order chi connectivity index (χ1) is 18.1. The van der Waals surface area contributed by atoms with Crippen molar-refractivity contribution in [3.8, 4) is 11.1 Å². The largest absolute Gasteiger partial charge is 0.445 e. The van der Waals surface area contributed by atoms with E-state index in [-0.39, 0.29) is 11.1 Å². The van der Waals surface area contributed by atoms with Crippen molar-refractivity contribution in [2.45, 2.75) is 24.6 Å². The molecule has 1 heterocycles. The van der Waals surface area contributed by atoms with Crippen LogP contribution < -0.4 is 11.1 Å². The Bertz CT molecular complexity index is 1580. The molecule has 1 aliphatic carbocycles. The molecule has 1 saturated carbocycles. The lowest BCUT2D eigenvalue weighted by Crippen LogP contribution is -2.35. The van der Waals surface area contributed by atoms with E-state index in [0.29, 0.717) is 40.6 Å². The van der Waals surface area contributed by atoms with Crippen LogP contribution in [0.5, 0.6) is 0 Å². The maximum Gasteiger partial charge on any atom is 0.416 e. The summed E-state index contributed by atoms with van der Waals surface area (Å²) in [6.07, 6.45) is -2.36. The number of hydrogen-bond acceptors (Lipinski definition) is 5. The van der Waals surface area contributed by atoms with Crippen LogP contribution in [0.4, 0.5) is 18.9 Å². The molecule has 0 unspecified atom stereocenters. The number of hydrogen-bond donors (Lipinski definition) is 2. The molecule has 0 bridgehead atoms. The summed E-state index contributed by atoms with van der Waals surface area (Å²) in [5.41, 5.74) is 5.59. The van der Waals surface area contributed by atoms with E-state index in [1.165, 1.54) is 18.3 Å². The van der Waals surface area contributed by atoms with Gasteiger partial charge in [0.05, 0.1) is 16.6 Å². The van der Waals surface area contributed by atoms with E-state index < -0.39 is 35.1 Å². The van der Waals surface area contributed by atoms with Crippen molar-refractivity contribution in [2.24, 2.45) is 5.73 Å². The lowest BCUT2D eigenvalue weighted by molar-refractivity contribution is -0.137. The number of primary amides is 1. The Balaban J connectivity index is 1.35. The fourth-order valence-electron chi connectivity index (χ4n) is 4.03. The van der Waals surface area contributed by atoms with Gasteiger partial charge in [-0.05, 0) is 47.5 Å². The number of anilines is 1. The highest BCUT2D eigenvalue weighted by molar-refractivity contribution is 6.09. The van der Waals surface area contributed by atoms with Crippen LogP contribution in [0, 0.1) is 0 Å². The fourth-order valence-corrected chi connectivity index (χ4v) is 4.03. The highest BCUT2D eigenvalue weighted by Gasteiger charge is 2.53. The SMILES string of the molecule is NC(=O)C1(OC(=O)c2cnc3cc(NC(=O)c4ccccc4-c4ccc(C(F)(F)F)cc4)ccc3c2)CC1. The van der Waals surface area contributed by atoms with Crippen LogP contribution in [0.3, 0.4) is 0 Å². The number of benzene rings is 3. The molecule has 0 radical (unpaired) electrons. The van der Waals surface area contributed by atoms with Crippen molar-refractivity contribution >= 4 is 34.4 Å². The lowest BCUT2D eigenvalue weighted by Gasteiger charge is -2.13. The van der Waals surface area contributed by atoms with Gasteiger partial charge in [0.15, 0.2) is 5.60 Å². The molecule has 0 aliphatic heterocycles. The van der Waals surface area contributed by atoms with Crippen LogP contribution in [0.2, 0.25) is 0 Å². The summed E-state index contributed by atoms with van der Waals surface area (Å²) < 4.78 is 44.1. The van der Waals surface area contributed by atoms with E-state index in [4.69, 9.17) is 10.5 Å². The molecule has 7 nitrogen and oxygen atoms in total. The molecule has 38 heavy (non-hydrogen) atoms. The van der Waals surface area contributed by atoms with Gasteiger partial charge in [-0.2, -0.15) is 13.2 Å². The number of nitrogens with zero attached hydrogens (tertiary/aromatic N) is 1. The molecule has 1 aromatic heterocycles. The maximum absolute atomic E-state index is 13.1. The van der Waals surface area contributed by atoms with Gasteiger partial charge in [-0.25, -0.2) is 4.79 Å². The Hall–Kier alpha value is -4.73. The van der Waals surface area contributed by atoms with Crippen molar-refractivity contribution < 1.29 is 32.3 Å². The van der Waals surface area contributed by atoms with Gasteiger partial charge in [0.2, 0.25) is 0 Å². The first-order valence-corrected chi connectivity index (χ1v) is 11.6. The Morgan fingerprint density at radius 1 is 0.947 bits per heavy atom. The molecular formula is C28H20F3N3O4. The van der Waals surface area contributed by atoms with E-state index in [9.17, 15) is 27.6 Å². The van der Waals surface area contributed by atoms with E-state index in [2.05, 4.69) is 10.3 Å². The van der Waals surface area contributed by atoms with E-state index in [1.54, 1.807) is 48.5 Å². The average Bonchev–Trinajstić information content (AvgIpc) is 3.69. The van der Waals surface area contributed by atoms with Crippen molar-refractivity contribution in [3.63, 3.8) is 0 Å². The molecule has 2 amide bonds. The molecule has 1 fully saturated rings. The predicted molar refractivity (Wildman–Crippen MR) is 133 cm³/mol. The number of nitrogens with two attached hydrogens (primary N) is 1. The second-order valence-electron chi connectivity index (χ2n) is 8.95. The third kappa shape index (κ3) is 4.93. The number of halogens is 3. The zero-order valence-electron chi connectivity index (χ0n) is 19.7. The molecular weight excluding hydrogens is 499 g/mol. The van der Waals surface area contributed by atoms with Crippen LogP contribution in [0.15, 0.2) is 79.0 Å². The van der Waals surface area contributed by atoms with Crippen LogP contribution in [0.1, 0.15) is 39.1 Å². The Morgan fingerprint density at radius 2 is 1.66 bits per heavy atom. The number of esters is 1. The van der Waals surface area contributed by atoms with Crippen LogP contribution in [-0.2, 0) is 15.7 Å². The van der Waals surface area contributed by atoms with Crippen molar-refractivity contribution in [1.29, 1.82) is 0 Å². The van der Waals surface area contributed by atoms with E-state index in [1.807, 2.05) is 0 Å². The minimum absolute atomic E-state index is 0.160. The third-order valence-corrected chi connectivity index (χ3v) is 6.31. The second-order valence-corrected chi connectivity index (χ2v) is 8.95. The Labute approximate surface area is 214 Å². The van der Waals surface area contributed by atoms with Gasteiger partial charge in [-0.15, -0.1) is 0 Å². The lowest BCUT2D eigenvalue weighted by atomic mass is 9.98. The maximum atomic E-state index is 13.1. The van der Waals surface area contributed by atoms with E-state index >= 15 is 0 Å². The summed E-state index contributed by atoms with van der Waals surface area (Å²) in [6, 6.07) is 17.7. The van der Waals surface area contributed by atoms with Gasteiger partial charge in [-0.3, -0.25) is 14.6 Å². The first-order valence-electron chi connectivity index (χ1n) is 11.6. The first kappa shape index (κ1) is 24.9. The second kappa shape index (κ2) is 9.29. The quantitative estimate of drug-likeness (QED) is 0.334.